The topological polar surface area (TPSA) is 50.8 Å². The van der Waals surface area contributed by atoms with Gasteiger partial charge in [0.2, 0.25) is 0 Å². The van der Waals surface area contributed by atoms with Crippen molar-refractivity contribution in [2.45, 2.75) is 65.1 Å². The lowest BCUT2D eigenvalue weighted by Crippen LogP contribution is -2.54. The molecular formula is C15H30N2O3. The predicted molar refractivity (Wildman–Crippen MR) is 79.9 cm³/mol. The van der Waals surface area contributed by atoms with Gasteiger partial charge in [-0.3, -0.25) is 4.90 Å². The normalized spacial score (nSPS) is 21.6. The van der Waals surface area contributed by atoms with Crippen molar-refractivity contribution in [2.24, 2.45) is 0 Å². The van der Waals surface area contributed by atoms with E-state index < -0.39 is 5.60 Å². The molecule has 0 saturated carbocycles. The Hall–Kier alpha value is -0.810. The summed E-state index contributed by atoms with van der Waals surface area (Å²) in [6.45, 7) is 12.5. The lowest BCUT2D eigenvalue weighted by Gasteiger charge is -2.37. The molecule has 1 rings (SSSR count). The highest BCUT2D eigenvalue weighted by Crippen LogP contribution is 2.14. The molecule has 1 saturated heterocycles. The Morgan fingerprint density at radius 1 is 1.50 bits per heavy atom. The van der Waals surface area contributed by atoms with E-state index in [1.807, 2.05) is 20.8 Å². The van der Waals surface area contributed by atoms with Gasteiger partial charge >= 0.3 is 6.09 Å². The number of hydrogen-bond acceptors (Lipinski definition) is 4. The number of morpholine rings is 1. The van der Waals surface area contributed by atoms with Crippen LogP contribution in [-0.2, 0) is 9.47 Å². The average molecular weight is 286 g/mol. The van der Waals surface area contributed by atoms with Crippen molar-refractivity contribution in [1.29, 1.82) is 0 Å². The molecule has 0 radical (unpaired) electrons. The molecule has 1 fully saturated rings. The fraction of sp³-hybridized carbons (Fsp3) is 0.933. The monoisotopic (exact) mass is 286 g/mol. The Labute approximate surface area is 123 Å². The summed E-state index contributed by atoms with van der Waals surface area (Å²) in [4.78, 5) is 14.0. The number of amides is 1. The van der Waals surface area contributed by atoms with Crippen molar-refractivity contribution in [2.75, 3.05) is 26.3 Å². The molecule has 0 aliphatic carbocycles. The minimum atomic E-state index is -0.455. The van der Waals surface area contributed by atoms with Gasteiger partial charge < -0.3 is 14.8 Å². The second kappa shape index (κ2) is 7.84. The number of ether oxygens (including phenoxy) is 2. The summed E-state index contributed by atoms with van der Waals surface area (Å²) in [6, 6.07) is 0.514. The van der Waals surface area contributed by atoms with Crippen LogP contribution in [0, 0.1) is 0 Å². The van der Waals surface area contributed by atoms with E-state index in [2.05, 4.69) is 19.2 Å². The molecule has 5 nitrogen and oxygen atoms in total. The van der Waals surface area contributed by atoms with E-state index >= 15 is 0 Å². The molecule has 0 bridgehead atoms. The van der Waals surface area contributed by atoms with Gasteiger partial charge in [-0.1, -0.05) is 13.3 Å². The van der Waals surface area contributed by atoms with Gasteiger partial charge in [0.15, 0.2) is 0 Å². The summed E-state index contributed by atoms with van der Waals surface area (Å²) >= 11 is 0. The molecular weight excluding hydrogens is 256 g/mol. The van der Waals surface area contributed by atoms with Crippen LogP contribution in [0.1, 0.15) is 47.5 Å². The van der Waals surface area contributed by atoms with Gasteiger partial charge in [0, 0.05) is 19.1 Å². The van der Waals surface area contributed by atoms with Crippen molar-refractivity contribution in [1.82, 2.24) is 10.2 Å². The van der Waals surface area contributed by atoms with Gasteiger partial charge in [0.25, 0.3) is 0 Å². The van der Waals surface area contributed by atoms with Crippen molar-refractivity contribution in [3.8, 4) is 0 Å². The Bertz CT molecular complexity index is 302. The molecule has 20 heavy (non-hydrogen) atoms. The number of rotatable bonds is 5. The van der Waals surface area contributed by atoms with E-state index in [1.54, 1.807) is 4.90 Å². The molecule has 0 aromatic carbocycles. The zero-order chi connectivity index (χ0) is 15.2. The highest BCUT2D eigenvalue weighted by atomic mass is 16.6. The maximum atomic E-state index is 12.2. The summed E-state index contributed by atoms with van der Waals surface area (Å²) in [6.07, 6.45) is 2.06. The van der Waals surface area contributed by atoms with Crippen LogP contribution in [0.25, 0.3) is 0 Å². The van der Waals surface area contributed by atoms with Crippen LogP contribution in [0.2, 0.25) is 0 Å². The molecule has 2 unspecified atom stereocenters. The summed E-state index contributed by atoms with van der Waals surface area (Å²) in [7, 11) is 0. The maximum absolute atomic E-state index is 12.2. The van der Waals surface area contributed by atoms with Crippen molar-refractivity contribution in [3.63, 3.8) is 0 Å². The zero-order valence-corrected chi connectivity index (χ0v) is 13.6. The molecule has 0 aromatic rings. The van der Waals surface area contributed by atoms with Crippen LogP contribution >= 0.6 is 0 Å². The fourth-order valence-corrected chi connectivity index (χ4v) is 2.26. The first-order valence-corrected chi connectivity index (χ1v) is 7.64. The minimum Gasteiger partial charge on any atom is -0.444 e. The first-order valence-electron chi connectivity index (χ1n) is 7.64. The number of nitrogens with one attached hydrogen (secondary N) is 1. The van der Waals surface area contributed by atoms with Crippen molar-refractivity contribution >= 4 is 6.09 Å². The SMILES string of the molecule is CCCC(C)NCC1COCCN1C(=O)OC(C)(C)C. The summed E-state index contributed by atoms with van der Waals surface area (Å²) in [5, 5.41) is 3.47. The lowest BCUT2D eigenvalue weighted by atomic mass is 10.1. The molecule has 1 aliphatic heterocycles. The highest BCUT2D eigenvalue weighted by molar-refractivity contribution is 5.68. The molecule has 0 aromatic heterocycles. The first-order chi connectivity index (χ1) is 9.33. The summed E-state index contributed by atoms with van der Waals surface area (Å²) in [5.74, 6) is 0. The van der Waals surface area contributed by atoms with Gasteiger partial charge in [-0.25, -0.2) is 4.79 Å². The molecule has 5 heteroatoms. The summed E-state index contributed by atoms with van der Waals surface area (Å²) in [5.41, 5.74) is -0.455. The van der Waals surface area contributed by atoms with Crippen LogP contribution < -0.4 is 5.32 Å². The zero-order valence-electron chi connectivity index (χ0n) is 13.6. The van der Waals surface area contributed by atoms with E-state index in [0.29, 0.717) is 25.8 Å². The largest absolute Gasteiger partial charge is 0.444 e. The van der Waals surface area contributed by atoms with E-state index in [-0.39, 0.29) is 12.1 Å². The Morgan fingerprint density at radius 3 is 2.80 bits per heavy atom. The molecule has 118 valence electrons. The summed E-state index contributed by atoms with van der Waals surface area (Å²) < 4.78 is 11.0. The van der Waals surface area contributed by atoms with Crippen molar-refractivity contribution in [3.05, 3.63) is 0 Å². The maximum Gasteiger partial charge on any atom is 0.410 e. The average Bonchev–Trinajstić information content (AvgIpc) is 2.35. The van der Waals surface area contributed by atoms with E-state index in [9.17, 15) is 4.79 Å². The van der Waals surface area contributed by atoms with Crippen LogP contribution in [0.4, 0.5) is 4.79 Å². The van der Waals surface area contributed by atoms with Crippen LogP contribution in [0.3, 0.4) is 0 Å². The highest BCUT2D eigenvalue weighted by Gasteiger charge is 2.30. The number of nitrogens with zero attached hydrogens (tertiary/aromatic N) is 1. The number of hydrogen-bond donors (Lipinski definition) is 1. The Morgan fingerprint density at radius 2 is 2.20 bits per heavy atom. The van der Waals surface area contributed by atoms with Gasteiger partial charge in [0.1, 0.15) is 5.60 Å². The number of carbonyl (C=O) groups excluding carboxylic acids is 1. The van der Waals surface area contributed by atoms with E-state index in [4.69, 9.17) is 9.47 Å². The molecule has 2 atom stereocenters. The third kappa shape index (κ3) is 6.09. The van der Waals surface area contributed by atoms with E-state index in [0.717, 1.165) is 19.4 Å². The first kappa shape index (κ1) is 17.2. The Balaban J connectivity index is 2.51. The Kier molecular flexibility index (Phi) is 6.76. The van der Waals surface area contributed by atoms with Gasteiger partial charge in [-0.05, 0) is 34.1 Å². The van der Waals surface area contributed by atoms with Gasteiger partial charge in [0.05, 0.1) is 19.3 Å². The molecule has 1 N–H and O–H groups in total. The predicted octanol–water partition coefficient (Wildman–Crippen LogP) is 2.40. The minimum absolute atomic E-state index is 0.0536. The van der Waals surface area contributed by atoms with Crippen molar-refractivity contribution < 1.29 is 14.3 Å². The molecule has 1 aliphatic rings. The van der Waals surface area contributed by atoms with E-state index in [1.165, 1.54) is 0 Å². The lowest BCUT2D eigenvalue weighted by molar-refractivity contribution is -0.0321. The van der Waals surface area contributed by atoms with Crippen LogP contribution in [0.15, 0.2) is 0 Å². The second-order valence-corrected chi connectivity index (χ2v) is 6.50. The van der Waals surface area contributed by atoms with Gasteiger partial charge in [-0.2, -0.15) is 0 Å². The molecule has 1 heterocycles. The van der Waals surface area contributed by atoms with Gasteiger partial charge in [-0.15, -0.1) is 0 Å². The van der Waals surface area contributed by atoms with Crippen LogP contribution in [-0.4, -0.2) is 55.0 Å². The smallest absolute Gasteiger partial charge is 0.410 e. The third-order valence-corrected chi connectivity index (χ3v) is 3.28. The number of carbonyl (C=O) groups is 1. The second-order valence-electron chi connectivity index (χ2n) is 6.50. The van der Waals surface area contributed by atoms with Crippen LogP contribution in [0.5, 0.6) is 0 Å². The molecule has 1 amide bonds. The standard InChI is InChI=1S/C15H30N2O3/c1-6-7-12(2)16-10-13-11-19-9-8-17(13)14(18)20-15(3,4)5/h12-13,16H,6-11H2,1-5H3. The fourth-order valence-electron chi connectivity index (χ4n) is 2.26. The molecule has 0 spiro atoms. The quantitative estimate of drug-likeness (QED) is 0.843. The third-order valence-electron chi connectivity index (χ3n) is 3.28.